The average molecular weight is 269 g/mol. The van der Waals surface area contributed by atoms with Gasteiger partial charge in [0.2, 0.25) is 0 Å². The van der Waals surface area contributed by atoms with Crippen LogP contribution < -0.4 is 0 Å². The molecule has 2 aliphatic carbocycles. The van der Waals surface area contributed by atoms with Crippen LogP contribution in [0.4, 0.5) is 0 Å². The molecule has 3 aliphatic rings. The van der Waals surface area contributed by atoms with Gasteiger partial charge in [0.25, 0.3) is 0 Å². The van der Waals surface area contributed by atoms with Crippen LogP contribution in [0.1, 0.15) is 13.3 Å². The van der Waals surface area contributed by atoms with E-state index in [1.54, 1.807) is 5.57 Å². The number of thioether (sulfide) groups is 1. The van der Waals surface area contributed by atoms with Crippen molar-refractivity contribution < 1.29 is 0 Å². The summed E-state index contributed by atoms with van der Waals surface area (Å²) in [5, 5.41) is 1.27. The third-order valence-corrected chi connectivity index (χ3v) is 5.67. The van der Waals surface area contributed by atoms with Crippen LogP contribution in [0.15, 0.2) is 64.7 Å². The van der Waals surface area contributed by atoms with Gasteiger partial charge in [-0.3, -0.25) is 4.99 Å². The Morgan fingerprint density at radius 1 is 1.42 bits per heavy atom. The summed E-state index contributed by atoms with van der Waals surface area (Å²) in [5.41, 5.74) is 5.31. The Bertz CT molecular complexity index is 560. The molecule has 0 aromatic heterocycles. The topological polar surface area (TPSA) is 12.4 Å². The summed E-state index contributed by atoms with van der Waals surface area (Å²) in [5.74, 6) is 0.575. The molecule has 0 N–H and O–H groups in total. The Balaban J connectivity index is 2.00. The largest absolute Gasteiger partial charge is 0.288 e. The first-order valence-electron chi connectivity index (χ1n) is 6.76. The fourth-order valence-electron chi connectivity index (χ4n) is 3.15. The zero-order valence-corrected chi connectivity index (χ0v) is 12.3. The highest BCUT2D eigenvalue weighted by Gasteiger charge is 2.39. The van der Waals surface area contributed by atoms with E-state index in [9.17, 15) is 0 Å². The Kier molecular flexibility index (Phi) is 3.36. The van der Waals surface area contributed by atoms with Crippen molar-refractivity contribution in [3.63, 3.8) is 0 Å². The van der Waals surface area contributed by atoms with E-state index in [0.29, 0.717) is 16.4 Å². The number of hydrogen-bond donors (Lipinski definition) is 0. The van der Waals surface area contributed by atoms with Crippen molar-refractivity contribution in [3.05, 3.63) is 59.8 Å². The SMILES string of the molecule is C=C/C(=N/C)C1=C(C)CC2SC3C=CC=CC3C2=C1. The Labute approximate surface area is 119 Å². The second-order valence-corrected chi connectivity index (χ2v) is 6.63. The third kappa shape index (κ3) is 2.08. The quantitative estimate of drug-likeness (QED) is 0.687. The Morgan fingerprint density at radius 2 is 2.21 bits per heavy atom. The molecule has 2 heteroatoms. The van der Waals surface area contributed by atoms with Crippen molar-refractivity contribution >= 4 is 17.5 Å². The average Bonchev–Trinajstić information content (AvgIpc) is 2.78. The smallest absolute Gasteiger partial charge is 0.0636 e. The van der Waals surface area contributed by atoms with Gasteiger partial charge in [0.1, 0.15) is 0 Å². The molecule has 1 aliphatic heterocycles. The monoisotopic (exact) mass is 269 g/mol. The second-order valence-electron chi connectivity index (χ2n) is 5.24. The van der Waals surface area contributed by atoms with Crippen molar-refractivity contribution in [3.8, 4) is 0 Å². The first-order valence-corrected chi connectivity index (χ1v) is 7.70. The number of nitrogens with zero attached hydrogens (tertiary/aromatic N) is 1. The van der Waals surface area contributed by atoms with Crippen molar-refractivity contribution in [2.45, 2.75) is 23.8 Å². The first-order chi connectivity index (χ1) is 9.24. The fourth-order valence-corrected chi connectivity index (χ4v) is 4.85. The molecule has 3 atom stereocenters. The van der Waals surface area contributed by atoms with Crippen molar-refractivity contribution in [2.75, 3.05) is 7.05 Å². The van der Waals surface area contributed by atoms with Crippen LogP contribution >= 0.6 is 11.8 Å². The highest BCUT2D eigenvalue weighted by Crippen LogP contribution is 2.50. The van der Waals surface area contributed by atoms with E-state index in [1.165, 1.54) is 11.1 Å². The van der Waals surface area contributed by atoms with Crippen LogP contribution in [0.2, 0.25) is 0 Å². The van der Waals surface area contributed by atoms with E-state index in [2.05, 4.69) is 60.6 Å². The van der Waals surface area contributed by atoms with Gasteiger partial charge in [-0.15, -0.1) is 11.8 Å². The van der Waals surface area contributed by atoms with Gasteiger partial charge in [0, 0.05) is 23.5 Å². The van der Waals surface area contributed by atoms with Crippen LogP contribution in [0.25, 0.3) is 0 Å². The van der Waals surface area contributed by atoms with Gasteiger partial charge in [-0.05, 0) is 30.6 Å². The van der Waals surface area contributed by atoms with Gasteiger partial charge in [-0.2, -0.15) is 0 Å². The third-order valence-electron chi connectivity index (χ3n) is 4.13. The van der Waals surface area contributed by atoms with Crippen molar-refractivity contribution in [1.29, 1.82) is 0 Å². The van der Waals surface area contributed by atoms with E-state index in [0.717, 1.165) is 12.1 Å². The van der Waals surface area contributed by atoms with Crippen LogP contribution in [0, 0.1) is 5.92 Å². The van der Waals surface area contributed by atoms with Gasteiger partial charge in [0.15, 0.2) is 0 Å². The fraction of sp³-hybridized carbons (Fsp3) is 0.353. The molecular weight excluding hydrogens is 250 g/mol. The molecule has 3 unspecified atom stereocenters. The summed E-state index contributed by atoms with van der Waals surface area (Å²) in [6.07, 6.45) is 14.4. The lowest BCUT2D eigenvalue weighted by Crippen LogP contribution is -2.16. The van der Waals surface area contributed by atoms with Gasteiger partial charge in [0.05, 0.1) is 5.71 Å². The molecular formula is C17H19NS. The van der Waals surface area contributed by atoms with Gasteiger partial charge in [-0.25, -0.2) is 0 Å². The Morgan fingerprint density at radius 3 is 2.95 bits per heavy atom. The standard InChI is InChI=1S/C17H19NS/c1-4-15(18-3)13-10-14-12-7-5-6-8-16(12)19-17(14)9-11(13)2/h4-8,10,12,16-17H,1,9H2,2-3H3/b18-15-. The Hall–Kier alpha value is -1.28. The lowest BCUT2D eigenvalue weighted by Gasteiger charge is -2.23. The van der Waals surface area contributed by atoms with Crippen LogP contribution in [0.5, 0.6) is 0 Å². The van der Waals surface area contributed by atoms with E-state index < -0.39 is 0 Å². The van der Waals surface area contributed by atoms with E-state index in [4.69, 9.17) is 0 Å². The predicted octanol–water partition coefficient (Wildman–Crippen LogP) is 4.12. The maximum absolute atomic E-state index is 4.36. The summed E-state index contributed by atoms with van der Waals surface area (Å²) in [4.78, 5) is 4.36. The molecule has 19 heavy (non-hydrogen) atoms. The molecule has 1 saturated heterocycles. The molecule has 1 heterocycles. The van der Waals surface area contributed by atoms with Crippen molar-refractivity contribution in [1.82, 2.24) is 0 Å². The van der Waals surface area contributed by atoms with Crippen LogP contribution in [-0.2, 0) is 0 Å². The van der Waals surface area contributed by atoms with Crippen LogP contribution in [-0.4, -0.2) is 23.3 Å². The molecule has 0 amide bonds. The lowest BCUT2D eigenvalue weighted by atomic mass is 9.82. The maximum atomic E-state index is 4.36. The summed E-state index contributed by atoms with van der Waals surface area (Å²) in [6, 6.07) is 0. The summed E-state index contributed by atoms with van der Waals surface area (Å²) in [7, 11) is 1.84. The molecule has 3 rings (SSSR count). The van der Waals surface area contributed by atoms with Gasteiger partial charge >= 0.3 is 0 Å². The van der Waals surface area contributed by atoms with Gasteiger partial charge in [-0.1, -0.05) is 42.5 Å². The second kappa shape index (κ2) is 5.01. The predicted molar refractivity (Wildman–Crippen MR) is 85.9 cm³/mol. The molecule has 0 spiro atoms. The molecule has 98 valence electrons. The molecule has 1 fully saturated rings. The van der Waals surface area contributed by atoms with E-state index in [1.807, 2.05) is 13.1 Å². The van der Waals surface area contributed by atoms with E-state index >= 15 is 0 Å². The summed E-state index contributed by atoms with van der Waals surface area (Å²) >= 11 is 2.11. The number of fused-ring (bicyclic) bond motifs is 3. The van der Waals surface area contributed by atoms with Crippen LogP contribution in [0.3, 0.4) is 0 Å². The number of aliphatic imine (C=N–C) groups is 1. The molecule has 0 saturated carbocycles. The summed E-state index contributed by atoms with van der Waals surface area (Å²) < 4.78 is 0. The molecule has 0 radical (unpaired) electrons. The lowest BCUT2D eigenvalue weighted by molar-refractivity contribution is 0.763. The minimum Gasteiger partial charge on any atom is -0.288 e. The first kappa shape index (κ1) is 12.7. The maximum Gasteiger partial charge on any atom is 0.0636 e. The minimum absolute atomic E-state index is 0.575. The van der Waals surface area contributed by atoms with Crippen molar-refractivity contribution in [2.24, 2.45) is 10.9 Å². The minimum atomic E-state index is 0.575. The highest BCUT2D eigenvalue weighted by molar-refractivity contribution is 8.01. The highest BCUT2D eigenvalue weighted by atomic mass is 32.2. The normalized spacial score (nSPS) is 33.1. The van der Waals surface area contributed by atoms with E-state index in [-0.39, 0.29) is 0 Å². The van der Waals surface area contributed by atoms with Gasteiger partial charge < -0.3 is 0 Å². The summed E-state index contributed by atoms with van der Waals surface area (Å²) in [6.45, 7) is 6.11. The molecule has 0 bridgehead atoms. The molecule has 1 nitrogen and oxygen atoms in total. The molecule has 0 aromatic carbocycles. The zero-order chi connectivity index (χ0) is 13.4. The number of rotatable bonds is 2. The molecule has 0 aromatic rings. The zero-order valence-electron chi connectivity index (χ0n) is 11.5. The number of hydrogen-bond acceptors (Lipinski definition) is 2. The number of allylic oxidation sites excluding steroid dienone is 7.